The molecule has 1 unspecified atom stereocenters. The SMILES string of the molecule is OC(COc1ccc(Cl)cc1)CN1CCN(C/C=C\c2ccccc2)CC1. The number of benzene rings is 2. The standard InChI is InChI=1S/C22H27ClN2O2/c23-20-8-10-22(11-9-20)27-18-21(26)17-25-15-13-24(14-16-25)12-4-7-19-5-2-1-3-6-19/h1-11,21,26H,12-18H2/b7-4-. The van der Waals surface area contributed by atoms with Crippen molar-refractivity contribution in [2.45, 2.75) is 6.10 Å². The fourth-order valence-electron chi connectivity index (χ4n) is 3.13. The van der Waals surface area contributed by atoms with Gasteiger partial charge in [-0.1, -0.05) is 54.1 Å². The van der Waals surface area contributed by atoms with E-state index in [2.05, 4.69) is 46.2 Å². The first-order valence-electron chi connectivity index (χ1n) is 9.42. The van der Waals surface area contributed by atoms with Gasteiger partial charge in [0.05, 0.1) is 0 Å². The van der Waals surface area contributed by atoms with Gasteiger partial charge in [-0.3, -0.25) is 9.80 Å². The average Bonchev–Trinajstić information content (AvgIpc) is 2.70. The molecule has 27 heavy (non-hydrogen) atoms. The van der Waals surface area contributed by atoms with E-state index in [0.717, 1.165) is 38.5 Å². The highest BCUT2D eigenvalue weighted by Gasteiger charge is 2.18. The largest absolute Gasteiger partial charge is 0.491 e. The Balaban J connectivity index is 1.32. The molecule has 1 atom stereocenters. The van der Waals surface area contributed by atoms with E-state index in [1.54, 1.807) is 12.1 Å². The van der Waals surface area contributed by atoms with Crippen molar-refractivity contribution in [3.8, 4) is 5.75 Å². The number of ether oxygens (including phenoxy) is 1. The second-order valence-electron chi connectivity index (χ2n) is 6.83. The maximum absolute atomic E-state index is 10.2. The van der Waals surface area contributed by atoms with E-state index in [-0.39, 0.29) is 0 Å². The van der Waals surface area contributed by atoms with Gasteiger partial charge in [0, 0.05) is 44.3 Å². The normalized spacial score (nSPS) is 17.3. The Morgan fingerprint density at radius 3 is 2.33 bits per heavy atom. The van der Waals surface area contributed by atoms with Gasteiger partial charge in [-0.15, -0.1) is 0 Å². The molecule has 3 rings (SSSR count). The van der Waals surface area contributed by atoms with E-state index in [0.29, 0.717) is 18.2 Å². The van der Waals surface area contributed by atoms with Crippen LogP contribution in [-0.2, 0) is 0 Å². The lowest BCUT2D eigenvalue weighted by molar-refractivity contribution is 0.0482. The molecule has 144 valence electrons. The second-order valence-corrected chi connectivity index (χ2v) is 7.27. The number of aliphatic hydroxyl groups excluding tert-OH is 1. The molecule has 1 heterocycles. The van der Waals surface area contributed by atoms with Gasteiger partial charge in [-0.2, -0.15) is 0 Å². The maximum atomic E-state index is 10.2. The monoisotopic (exact) mass is 386 g/mol. The third-order valence-corrected chi connectivity index (χ3v) is 4.92. The maximum Gasteiger partial charge on any atom is 0.119 e. The summed E-state index contributed by atoms with van der Waals surface area (Å²) >= 11 is 5.86. The number of aliphatic hydroxyl groups is 1. The molecule has 5 heteroatoms. The number of rotatable bonds is 8. The molecular formula is C22H27ClN2O2. The van der Waals surface area contributed by atoms with Crippen LogP contribution < -0.4 is 4.74 Å². The van der Waals surface area contributed by atoms with Crippen LogP contribution in [0.15, 0.2) is 60.7 Å². The zero-order valence-corrected chi connectivity index (χ0v) is 16.3. The summed E-state index contributed by atoms with van der Waals surface area (Å²) in [6, 6.07) is 17.6. The smallest absolute Gasteiger partial charge is 0.119 e. The minimum Gasteiger partial charge on any atom is -0.491 e. The lowest BCUT2D eigenvalue weighted by Gasteiger charge is -2.35. The van der Waals surface area contributed by atoms with E-state index in [9.17, 15) is 5.11 Å². The molecule has 1 saturated heterocycles. The Morgan fingerprint density at radius 1 is 0.963 bits per heavy atom. The predicted molar refractivity (Wildman–Crippen MR) is 111 cm³/mol. The Kier molecular flexibility index (Phi) is 7.72. The summed E-state index contributed by atoms with van der Waals surface area (Å²) < 4.78 is 5.63. The highest BCUT2D eigenvalue weighted by atomic mass is 35.5. The fourth-order valence-corrected chi connectivity index (χ4v) is 3.26. The molecule has 0 aliphatic carbocycles. The number of piperazine rings is 1. The molecule has 2 aromatic carbocycles. The summed E-state index contributed by atoms with van der Waals surface area (Å²) in [6.07, 6.45) is 3.90. The van der Waals surface area contributed by atoms with E-state index in [4.69, 9.17) is 16.3 Å². The van der Waals surface area contributed by atoms with Gasteiger partial charge in [0.2, 0.25) is 0 Å². The van der Waals surface area contributed by atoms with Crippen LogP contribution in [0.4, 0.5) is 0 Å². The van der Waals surface area contributed by atoms with Crippen molar-refractivity contribution < 1.29 is 9.84 Å². The van der Waals surface area contributed by atoms with Gasteiger partial charge in [0.25, 0.3) is 0 Å². The first-order chi connectivity index (χ1) is 13.2. The van der Waals surface area contributed by atoms with Gasteiger partial charge >= 0.3 is 0 Å². The van der Waals surface area contributed by atoms with Crippen molar-refractivity contribution in [1.82, 2.24) is 9.80 Å². The molecule has 1 aliphatic rings. The molecule has 0 bridgehead atoms. The summed E-state index contributed by atoms with van der Waals surface area (Å²) in [4.78, 5) is 4.74. The Labute approximate surface area is 166 Å². The number of halogens is 1. The molecule has 1 aliphatic heterocycles. The highest BCUT2D eigenvalue weighted by molar-refractivity contribution is 6.30. The van der Waals surface area contributed by atoms with Crippen LogP contribution >= 0.6 is 11.6 Å². The van der Waals surface area contributed by atoms with Crippen molar-refractivity contribution in [3.05, 3.63) is 71.3 Å². The molecule has 2 aromatic rings. The topological polar surface area (TPSA) is 35.9 Å². The summed E-state index contributed by atoms with van der Waals surface area (Å²) in [5, 5.41) is 10.9. The van der Waals surface area contributed by atoms with Gasteiger partial charge in [-0.25, -0.2) is 0 Å². The first kappa shape index (κ1) is 19.9. The third kappa shape index (κ3) is 7.00. The average molecular weight is 387 g/mol. The summed E-state index contributed by atoms with van der Waals surface area (Å²) in [7, 11) is 0. The molecule has 1 N–H and O–H groups in total. The Hall–Kier alpha value is -1.85. The van der Waals surface area contributed by atoms with Crippen LogP contribution in [0.1, 0.15) is 5.56 Å². The molecule has 0 spiro atoms. The minimum atomic E-state index is -0.495. The minimum absolute atomic E-state index is 0.293. The number of nitrogens with zero attached hydrogens (tertiary/aromatic N) is 2. The second kappa shape index (κ2) is 10.5. The quantitative estimate of drug-likeness (QED) is 0.754. The van der Waals surface area contributed by atoms with Crippen molar-refractivity contribution in [3.63, 3.8) is 0 Å². The van der Waals surface area contributed by atoms with Crippen LogP contribution in [-0.4, -0.2) is 66.9 Å². The highest BCUT2D eigenvalue weighted by Crippen LogP contribution is 2.15. The van der Waals surface area contributed by atoms with E-state index >= 15 is 0 Å². The van der Waals surface area contributed by atoms with Gasteiger partial charge in [0.1, 0.15) is 18.5 Å². The van der Waals surface area contributed by atoms with Crippen molar-refractivity contribution in [1.29, 1.82) is 0 Å². The van der Waals surface area contributed by atoms with E-state index < -0.39 is 6.10 Å². The predicted octanol–water partition coefficient (Wildman–Crippen LogP) is 3.41. The molecule has 0 amide bonds. The molecule has 0 saturated carbocycles. The van der Waals surface area contributed by atoms with Gasteiger partial charge < -0.3 is 9.84 Å². The lowest BCUT2D eigenvalue weighted by atomic mass is 10.2. The Morgan fingerprint density at radius 2 is 1.63 bits per heavy atom. The van der Waals surface area contributed by atoms with Crippen LogP contribution in [0.25, 0.3) is 6.08 Å². The van der Waals surface area contributed by atoms with Crippen LogP contribution in [0.2, 0.25) is 5.02 Å². The molecule has 0 radical (unpaired) electrons. The number of β-amino-alcohol motifs (C(OH)–C–C–N with tert-alkyl or cyclic N) is 1. The number of hydrogen-bond donors (Lipinski definition) is 1. The zero-order chi connectivity index (χ0) is 18.9. The van der Waals surface area contributed by atoms with Crippen molar-refractivity contribution in [2.75, 3.05) is 45.9 Å². The van der Waals surface area contributed by atoms with Crippen LogP contribution in [0.5, 0.6) is 5.75 Å². The number of hydrogen-bond acceptors (Lipinski definition) is 4. The molecule has 0 aromatic heterocycles. The van der Waals surface area contributed by atoms with E-state index in [1.165, 1.54) is 5.56 Å². The molecular weight excluding hydrogens is 360 g/mol. The van der Waals surface area contributed by atoms with Gasteiger partial charge in [0.15, 0.2) is 0 Å². The van der Waals surface area contributed by atoms with Crippen molar-refractivity contribution >= 4 is 17.7 Å². The third-order valence-electron chi connectivity index (χ3n) is 4.66. The van der Waals surface area contributed by atoms with Crippen molar-refractivity contribution in [2.24, 2.45) is 0 Å². The molecule has 4 nitrogen and oxygen atoms in total. The summed E-state index contributed by atoms with van der Waals surface area (Å²) in [5.41, 5.74) is 1.24. The summed E-state index contributed by atoms with van der Waals surface area (Å²) in [5.74, 6) is 0.730. The molecule has 1 fully saturated rings. The Bertz CT molecular complexity index is 698. The zero-order valence-electron chi connectivity index (χ0n) is 15.5. The van der Waals surface area contributed by atoms with Gasteiger partial charge in [-0.05, 0) is 29.8 Å². The van der Waals surface area contributed by atoms with E-state index in [1.807, 2.05) is 18.2 Å². The fraction of sp³-hybridized carbons (Fsp3) is 0.364. The van der Waals surface area contributed by atoms with Crippen LogP contribution in [0, 0.1) is 0 Å². The summed E-state index contributed by atoms with van der Waals surface area (Å²) in [6.45, 7) is 5.87. The van der Waals surface area contributed by atoms with Crippen LogP contribution in [0.3, 0.4) is 0 Å². The first-order valence-corrected chi connectivity index (χ1v) is 9.79. The lowest BCUT2D eigenvalue weighted by Crippen LogP contribution is -2.49.